The molecule has 5 nitrogen and oxygen atoms in total. The van der Waals surface area contributed by atoms with E-state index in [1.807, 2.05) is 19.1 Å². The fraction of sp³-hybridized carbons (Fsp3) is 0.650. The van der Waals surface area contributed by atoms with Gasteiger partial charge in [0.2, 0.25) is 5.91 Å². The first-order valence-electron chi connectivity index (χ1n) is 9.70. The molecule has 2 fully saturated rings. The number of halogens is 1. The van der Waals surface area contributed by atoms with Gasteiger partial charge in [0.15, 0.2) is 0 Å². The SMILES string of the molecule is CC(C(=O)NCC1(C)CCNCC1)N1CCN(c2ccc(F)cc2)CC1. The number of anilines is 1. The quantitative estimate of drug-likeness (QED) is 0.839. The highest BCUT2D eigenvalue weighted by Crippen LogP contribution is 2.26. The van der Waals surface area contributed by atoms with Crippen LogP contribution in [0.15, 0.2) is 24.3 Å². The second-order valence-electron chi connectivity index (χ2n) is 7.95. The van der Waals surface area contributed by atoms with Crippen molar-refractivity contribution in [2.45, 2.75) is 32.7 Å². The summed E-state index contributed by atoms with van der Waals surface area (Å²) in [4.78, 5) is 17.1. The molecule has 6 heteroatoms. The largest absolute Gasteiger partial charge is 0.369 e. The predicted octanol–water partition coefficient (Wildman–Crippen LogP) is 1.84. The lowest BCUT2D eigenvalue weighted by Gasteiger charge is -2.39. The summed E-state index contributed by atoms with van der Waals surface area (Å²) in [6.45, 7) is 10.5. The molecule has 144 valence electrons. The molecule has 1 atom stereocenters. The molecule has 0 spiro atoms. The summed E-state index contributed by atoms with van der Waals surface area (Å²) in [6, 6.07) is 6.52. The Morgan fingerprint density at radius 1 is 1.19 bits per heavy atom. The second-order valence-corrected chi connectivity index (χ2v) is 7.95. The number of carbonyl (C=O) groups excluding carboxylic acids is 1. The maximum Gasteiger partial charge on any atom is 0.237 e. The number of piperidine rings is 1. The van der Waals surface area contributed by atoms with E-state index in [9.17, 15) is 9.18 Å². The highest BCUT2D eigenvalue weighted by molar-refractivity contribution is 5.81. The highest BCUT2D eigenvalue weighted by atomic mass is 19.1. The van der Waals surface area contributed by atoms with Crippen molar-refractivity contribution in [3.8, 4) is 0 Å². The van der Waals surface area contributed by atoms with Gasteiger partial charge in [0.25, 0.3) is 0 Å². The van der Waals surface area contributed by atoms with Crippen LogP contribution < -0.4 is 15.5 Å². The number of nitrogens with one attached hydrogen (secondary N) is 2. The first-order valence-corrected chi connectivity index (χ1v) is 9.70. The molecule has 3 rings (SSSR count). The van der Waals surface area contributed by atoms with E-state index in [4.69, 9.17) is 0 Å². The molecule has 0 saturated carbocycles. The first kappa shape index (κ1) is 19.1. The molecule has 2 heterocycles. The van der Waals surface area contributed by atoms with Crippen molar-refractivity contribution < 1.29 is 9.18 Å². The minimum Gasteiger partial charge on any atom is -0.369 e. The van der Waals surface area contributed by atoms with E-state index in [2.05, 4.69) is 27.4 Å². The topological polar surface area (TPSA) is 47.6 Å². The van der Waals surface area contributed by atoms with Crippen LogP contribution in [0.4, 0.5) is 10.1 Å². The third kappa shape index (κ3) is 4.74. The zero-order valence-corrected chi connectivity index (χ0v) is 15.9. The Kier molecular flexibility index (Phi) is 6.14. The van der Waals surface area contributed by atoms with Gasteiger partial charge in [0, 0.05) is 38.4 Å². The monoisotopic (exact) mass is 362 g/mol. The number of amides is 1. The Morgan fingerprint density at radius 3 is 2.42 bits per heavy atom. The van der Waals surface area contributed by atoms with Crippen molar-refractivity contribution in [3.63, 3.8) is 0 Å². The number of nitrogens with zero attached hydrogens (tertiary/aromatic N) is 2. The Morgan fingerprint density at radius 2 is 1.81 bits per heavy atom. The van der Waals surface area contributed by atoms with Gasteiger partial charge < -0.3 is 15.5 Å². The predicted molar refractivity (Wildman–Crippen MR) is 103 cm³/mol. The summed E-state index contributed by atoms with van der Waals surface area (Å²) in [6.07, 6.45) is 2.22. The van der Waals surface area contributed by atoms with Crippen LogP contribution in [0.5, 0.6) is 0 Å². The van der Waals surface area contributed by atoms with E-state index >= 15 is 0 Å². The third-order valence-electron chi connectivity index (χ3n) is 5.93. The van der Waals surface area contributed by atoms with Crippen molar-refractivity contribution >= 4 is 11.6 Å². The van der Waals surface area contributed by atoms with Crippen LogP contribution in [-0.2, 0) is 4.79 Å². The van der Waals surface area contributed by atoms with E-state index in [1.54, 1.807) is 0 Å². The smallest absolute Gasteiger partial charge is 0.237 e. The molecular formula is C20H31FN4O. The van der Waals surface area contributed by atoms with Crippen LogP contribution in [0, 0.1) is 11.2 Å². The Labute approximate surface area is 155 Å². The maximum atomic E-state index is 13.1. The van der Waals surface area contributed by atoms with Gasteiger partial charge >= 0.3 is 0 Å². The molecule has 1 amide bonds. The van der Waals surface area contributed by atoms with Gasteiger partial charge in [-0.15, -0.1) is 0 Å². The number of rotatable bonds is 5. The Hall–Kier alpha value is -1.66. The minimum absolute atomic E-state index is 0.115. The molecule has 0 radical (unpaired) electrons. The van der Waals surface area contributed by atoms with Gasteiger partial charge in [0.1, 0.15) is 5.82 Å². The number of piperazine rings is 1. The molecule has 1 aromatic rings. The molecule has 0 bridgehead atoms. The number of hydrogen-bond acceptors (Lipinski definition) is 4. The summed E-state index contributed by atoms with van der Waals surface area (Å²) in [7, 11) is 0. The fourth-order valence-electron chi connectivity index (χ4n) is 3.84. The zero-order chi connectivity index (χ0) is 18.6. The molecule has 0 aliphatic carbocycles. The molecule has 0 aromatic heterocycles. The van der Waals surface area contributed by atoms with Crippen LogP contribution in [0.2, 0.25) is 0 Å². The van der Waals surface area contributed by atoms with E-state index in [0.29, 0.717) is 0 Å². The van der Waals surface area contributed by atoms with E-state index < -0.39 is 0 Å². The van der Waals surface area contributed by atoms with Crippen LogP contribution in [0.25, 0.3) is 0 Å². The number of carbonyl (C=O) groups is 1. The lowest BCUT2D eigenvalue weighted by atomic mass is 9.81. The van der Waals surface area contributed by atoms with Crippen molar-refractivity contribution in [3.05, 3.63) is 30.1 Å². The molecule has 2 N–H and O–H groups in total. The van der Waals surface area contributed by atoms with Crippen molar-refractivity contribution in [1.82, 2.24) is 15.5 Å². The summed E-state index contributed by atoms with van der Waals surface area (Å²) < 4.78 is 13.1. The lowest BCUT2D eigenvalue weighted by molar-refractivity contribution is -0.126. The summed E-state index contributed by atoms with van der Waals surface area (Å²) in [5.41, 5.74) is 1.25. The molecule has 2 saturated heterocycles. The van der Waals surface area contributed by atoms with Gasteiger partial charge in [-0.25, -0.2) is 4.39 Å². The molecule has 1 aromatic carbocycles. The average Bonchev–Trinajstić information content (AvgIpc) is 2.67. The van der Waals surface area contributed by atoms with Crippen molar-refractivity contribution in [2.24, 2.45) is 5.41 Å². The number of benzene rings is 1. The third-order valence-corrected chi connectivity index (χ3v) is 5.93. The summed E-state index contributed by atoms with van der Waals surface area (Å²) in [5.74, 6) is -0.0832. The van der Waals surface area contributed by atoms with E-state index in [-0.39, 0.29) is 23.2 Å². The highest BCUT2D eigenvalue weighted by Gasteiger charge is 2.30. The lowest BCUT2D eigenvalue weighted by Crippen LogP contribution is -2.55. The Bertz CT molecular complexity index is 592. The van der Waals surface area contributed by atoms with Crippen molar-refractivity contribution in [1.29, 1.82) is 0 Å². The van der Waals surface area contributed by atoms with Gasteiger partial charge in [-0.1, -0.05) is 6.92 Å². The molecule has 2 aliphatic heterocycles. The normalized spacial score (nSPS) is 22.0. The van der Waals surface area contributed by atoms with Crippen LogP contribution >= 0.6 is 0 Å². The van der Waals surface area contributed by atoms with E-state index in [0.717, 1.165) is 64.3 Å². The molecule has 2 aliphatic rings. The van der Waals surface area contributed by atoms with Gasteiger partial charge in [-0.3, -0.25) is 9.69 Å². The molecule has 26 heavy (non-hydrogen) atoms. The maximum absolute atomic E-state index is 13.1. The van der Waals surface area contributed by atoms with Crippen molar-refractivity contribution in [2.75, 3.05) is 50.7 Å². The average molecular weight is 362 g/mol. The second kappa shape index (κ2) is 8.35. The standard InChI is InChI=1S/C20H31FN4O/c1-16(19(26)23-15-20(2)7-9-22-10-8-20)24-11-13-25(14-12-24)18-5-3-17(21)4-6-18/h3-6,16,22H,7-15H2,1-2H3,(H,23,26). The van der Waals surface area contributed by atoms with Crippen LogP contribution in [0.1, 0.15) is 26.7 Å². The van der Waals surface area contributed by atoms with Gasteiger partial charge in [0.05, 0.1) is 6.04 Å². The van der Waals surface area contributed by atoms with Gasteiger partial charge in [-0.2, -0.15) is 0 Å². The first-order chi connectivity index (χ1) is 12.5. The van der Waals surface area contributed by atoms with Crippen LogP contribution in [-0.4, -0.2) is 62.7 Å². The van der Waals surface area contributed by atoms with E-state index in [1.165, 1.54) is 12.1 Å². The minimum atomic E-state index is -0.208. The molecular weight excluding hydrogens is 331 g/mol. The Balaban J connectivity index is 1.46. The number of hydrogen-bond donors (Lipinski definition) is 2. The van der Waals surface area contributed by atoms with Gasteiger partial charge in [-0.05, 0) is 62.5 Å². The molecule has 1 unspecified atom stereocenters. The summed E-state index contributed by atoms with van der Waals surface area (Å²) >= 11 is 0. The zero-order valence-electron chi connectivity index (χ0n) is 15.9. The fourth-order valence-corrected chi connectivity index (χ4v) is 3.84. The van der Waals surface area contributed by atoms with Crippen LogP contribution in [0.3, 0.4) is 0 Å². The summed E-state index contributed by atoms with van der Waals surface area (Å²) in [5, 5.41) is 6.55.